The van der Waals surface area contributed by atoms with Crippen molar-refractivity contribution >= 4 is 140 Å². The van der Waals surface area contributed by atoms with E-state index >= 15 is 0 Å². The Labute approximate surface area is 783 Å². The molecule has 9 nitrogen and oxygen atoms in total. The number of hydrogen-bond donors (Lipinski definition) is 0. The zero-order valence-corrected chi connectivity index (χ0v) is 73.6. The van der Waals surface area contributed by atoms with Crippen molar-refractivity contribution < 1.29 is 0 Å². The molecule has 0 radical (unpaired) electrons. The van der Waals surface area contributed by atoms with Crippen molar-refractivity contribution in [2.45, 2.75) is 0 Å². The van der Waals surface area contributed by atoms with Crippen LogP contribution in [0.2, 0.25) is 0 Å². The molecule has 3 heterocycles. The normalized spacial score (nSPS) is 11.5. The van der Waals surface area contributed by atoms with Gasteiger partial charge >= 0.3 is 0 Å². The maximum atomic E-state index is 5.16. The second kappa shape index (κ2) is 34.2. The van der Waals surface area contributed by atoms with Crippen LogP contribution in [0.4, 0.5) is 0 Å². The van der Waals surface area contributed by atoms with E-state index in [4.69, 9.17) is 44.9 Å². The summed E-state index contributed by atoms with van der Waals surface area (Å²) in [7, 11) is 0. The van der Waals surface area contributed by atoms with Crippen LogP contribution in [0.5, 0.6) is 0 Å². The van der Waals surface area contributed by atoms with Crippen molar-refractivity contribution in [2.75, 3.05) is 0 Å². The van der Waals surface area contributed by atoms with Crippen LogP contribution < -0.4 is 0 Å². The summed E-state index contributed by atoms with van der Waals surface area (Å²) in [5.41, 5.74) is 13.1. The van der Waals surface area contributed by atoms with Gasteiger partial charge in [0.2, 0.25) is 0 Å². The lowest BCUT2D eigenvalue weighted by Crippen LogP contribution is -2.01. The first-order valence-corrected chi connectivity index (χ1v) is 45.9. The van der Waals surface area contributed by atoms with E-state index in [0.717, 1.165) is 88.5 Å². The molecule has 0 bridgehead atoms. The van der Waals surface area contributed by atoms with E-state index in [9.17, 15) is 0 Å². The van der Waals surface area contributed by atoms with Crippen molar-refractivity contribution in [2.24, 2.45) is 0 Å². The van der Waals surface area contributed by atoms with Crippen molar-refractivity contribution in [3.05, 3.63) is 479 Å². The van der Waals surface area contributed by atoms with Crippen molar-refractivity contribution in [1.82, 2.24) is 44.9 Å². The van der Waals surface area contributed by atoms with Gasteiger partial charge in [-0.3, -0.25) is 0 Å². The Morgan fingerprint density at radius 2 is 0.287 bits per heavy atom. The fraction of sp³-hybridized carbons (Fsp3) is 0. The molecule has 0 amide bonds. The summed E-state index contributed by atoms with van der Waals surface area (Å²) in [5.74, 6) is 5.91. The standard InChI is InChI=1S/C49H29N3.2C39H25N3/c1-2-10-33-27-36(14-13-30(33)7-1)47-50-48(37-19-21-41-34(28-37)17-25-43-39-11-5-3-8-31(39)15-23-45(41)43)52-49(51-47)38-20-22-42-35(29-38)18-26-44-40-12-6-4-9-32(40)16-24-46(42)44;1-3-12-27(13-4-1)37-40-38(28-14-5-2-6-15-28)42-39(41-37)36-18-10-9-17-32(36)29-20-22-33-30(25-29)21-24-34-31-16-8-7-11-26(31)19-23-35(33)34;1-3-11-27(12-4-1)37-40-38(28-13-5-2-6-14-28)42-39(41-37)32-16-9-15-29(25-32)30-19-21-34-31(24-30)20-23-35-33-17-8-7-10-26(33)18-22-36(34)35/h1-29H;2*1-25H. The molecule has 0 saturated carbocycles. The van der Waals surface area contributed by atoms with E-state index in [0.29, 0.717) is 52.4 Å². The Balaban J connectivity index is 0.000000110. The number of rotatable bonds is 11. The van der Waals surface area contributed by atoms with Crippen LogP contribution >= 0.6 is 0 Å². The highest BCUT2D eigenvalue weighted by molar-refractivity contribution is 6.22. The molecular weight excluding hydrogens is 1650 g/mol. The molecule has 0 aliphatic carbocycles. The van der Waals surface area contributed by atoms with E-state index in [-0.39, 0.29) is 0 Å². The zero-order valence-electron chi connectivity index (χ0n) is 73.6. The molecule has 0 saturated heterocycles. The third kappa shape index (κ3) is 15.0. The van der Waals surface area contributed by atoms with E-state index < -0.39 is 0 Å². The molecule has 27 aromatic rings. The van der Waals surface area contributed by atoms with Crippen LogP contribution in [-0.2, 0) is 0 Å². The van der Waals surface area contributed by atoms with Crippen LogP contribution in [0.3, 0.4) is 0 Å². The first kappa shape index (κ1) is 79.8. The predicted octanol–water partition coefficient (Wildman–Crippen LogP) is 32.9. The molecule has 9 heteroatoms. The molecule has 0 aliphatic heterocycles. The lowest BCUT2D eigenvalue weighted by Gasteiger charge is -2.13. The van der Waals surface area contributed by atoms with Crippen LogP contribution in [0.25, 0.3) is 265 Å². The highest BCUT2D eigenvalue weighted by atomic mass is 15.1. The zero-order chi connectivity index (χ0) is 89.9. The summed E-state index contributed by atoms with van der Waals surface area (Å²) in [6.45, 7) is 0. The Morgan fingerprint density at radius 3 is 0.647 bits per heavy atom. The average Bonchev–Trinajstić information content (AvgIpc) is 0.778. The van der Waals surface area contributed by atoms with E-state index in [1.54, 1.807) is 0 Å². The highest BCUT2D eigenvalue weighted by Gasteiger charge is 2.22. The molecule has 0 spiro atoms. The number of benzene rings is 24. The first-order chi connectivity index (χ1) is 67.3. The van der Waals surface area contributed by atoms with Gasteiger partial charge in [0.05, 0.1) is 0 Å². The van der Waals surface area contributed by atoms with Gasteiger partial charge < -0.3 is 0 Å². The first-order valence-electron chi connectivity index (χ1n) is 45.9. The molecule has 0 unspecified atom stereocenters. The van der Waals surface area contributed by atoms with E-state index in [2.05, 4.69) is 352 Å². The third-order valence-corrected chi connectivity index (χ3v) is 26.5. The molecule has 0 aliphatic rings. The van der Waals surface area contributed by atoms with Gasteiger partial charge in [0.15, 0.2) is 52.4 Å². The number of fused-ring (bicyclic) bond motifs is 21. The Morgan fingerprint density at radius 1 is 0.0882 bits per heavy atom. The lowest BCUT2D eigenvalue weighted by molar-refractivity contribution is 1.07. The molecule has 27 rings (SSSR count). The van der Waals surface area contributed by atoms with Gasteiger partial charge in [-0.2, -0.15) is 0 Å². The fourth-order valence-corrected chi connectivity index (χ4v) is 19.7. The van der Waals surface area contributed by atoms with Gasteiger partial charge in [0, 0.05) is 50.1 Å². The molecule has 0 fully saturated rings. The molecule has 24 aromatic carbocycles. The fourth-order valence-electron chi connectivity index (χ4n) is 19.7. The van der Waals surface area contributed by atoms with E-state index in [1.165, 1.54) is 124 Å². The van der Waals surface area contributed by atoms with Gasteiger partial charge in [0.25, 0.3) is 0 Å². The summed E-state index contributed by atoms with van der Waals surface area (Å²) < 4.78 is 0. The number of aromatic nitrogens is 9. The largest absolute Gasteiger partial charge is 0.208 e. The molecular formula is C127H79N9. The molecule has 0 atom stereocenters. The van der Waals surface area contributed by atoms with Crippen LogP contribution in [0.15, 0.2) is 479 Å². The van der Waals surface area contributed by atoms with Crippen LogP contribution in [-0.4, -0.2) is 44.9 Å². The van der Waals surface area contributed by atoms with Gasteiger partial charge in [-0.15, -0.1) is 0 Å². The molecule has 632 valence electrons. The van der Waals surface area contributed by atoms with Crippen molar-refractivity contribution in [1.29, 1.82) is 0 Å². The average molecular weight is 1730 g/mol. The maximum Gasteiger partial charge on any atom is 0.164 e. The van der Waals surface area contributed by atoms with Gasteiger partial charge in [0.1, 0.15) is 0 Å². The SMILES string of the molecule is c1ccc(-c2nc(-c3ccccc3)nc(-c3cccc(-c4ccc5c(ccc6c7ccccc7ccc56)c4)c3)n2)cc1.c1ccc(-c2nc(-c3ccccc3)nc(-c3ccccc3-c3ccc4c(ccc5c6ccccc6ccc45)c3)n2)cc1.c1ccc2cc(-c3nc(-c4ccc5c(ccc6c7ccccc7ccc56)c4)nc(-c4ccc5c(ccc6c7ccccc7ccc56)c4)n3)ccc2c1. The minimum absolute atomic E-state index is 0.652. The minimum atomic E-state index is 0.652. The summed E-state index contributed by atoms with van der Waals surface area (Å²) in [6, 6.07) is 169. The van der Waals surface area contributed by atoms with Crippen molar-refractivity contribution in [3.63, 3.8) is 0 Å². The molecule has 3 aromatic heterocycles. The van der Waals surface area contributed by atoms with Crippen molar-refractivity contribution in [3.8, 4) is 125 Å². The highest BCUT2D eigenvalue weighted by Crippen LogP contribution is 2.43. The van der Waals surface area contributed by atoms with Crippen LogP contribution in [0.1, 0.15) is 0 Å². The number of nitrogens with zero attached hydrogens (tertiary/aromatic N) is 9. The quantitative estimate of drug-likeness (QED) is 0.117. The van der Waals surface area contributed by atoms with Gasteiger partial charge in [-0.05, 0) is 199 Å². The van der Waals surface area contributed by atoms with E-state index in [1.807, 2.05) is 127 Å². The summed E-state index contributed by atoms with van der Waals surface area (Å²) in [6.07, 6.45) is 0. The maximum absolute atomic E-state index is 5.16. The summed E-state index contributed by atoms with van der Waals surface area (Å²) >= 11 is 0. The van der Waals surface area contributed by atoms with Gasteiger partial charge in [-0.25, -0.2) is 44.9 Å². The lowest BCUT2D eigenvalue weighted by atomic mass is 9.93. The molecule has 136 heavy (non-hydrogen) atoms. The second-order valence-electron chi connectivity index (χ2n) is 34.6. The number of hydrogen-bond acceptors (Lipinski definition) is 9. The predicted molar refractivity (Wildman–Crippen MR) is 567 cm³/mol. The van der Waals surface area contributed by atoms with Crippen LogP contribution in [0, 0.1) is 0 Å². The molecule has 0 N–H and O–H groups in total. The smallest absolute Gasteiger partial charge is 0.164 e. The Hall–Kier alpha value is -18.3. The third-order valence-electron chi connectivity index (χ3n) is 26.5. The monoisotopic (exact) mass is 1730 g/mol. The second-order valence-corrected chi connectivity index (χ2v) is 34.6. The summed E-state index contributed by atoms with van der Waals surface area (Å²) in [4.78, 5) is 45.0. The van der Waals surface area contributed by atoms with Gasteiger partial charge in [-0.1, -0.05) is 443 Å². The minimum Gasteiger partial charge on any atom is -0.208 e. The summed E-state index contributed by atoms with van der Waals surface area (Å²) in [5, 5.41) is 32.3. The Kier molecular flexibility index (Phi) is 20.1. The Bertz CT molecular complexity index is 9150. The topological polar surface area (TPSA) is 116 Å².